The Morgan fingerprint density at radius 1 is 1.31 bits per heavy atom. The molecule has 1 fully saturated rings. The van der Waals surface area contributed by atoms with Gasteiger partial charge in [-0.3, -0.25) is 9.59 Å². The Bertz CT molecular complexity index is 848. The second-order valence-corrected chi connectivity index (χ2v) is 6.18. The van der Waals surface area contributed by atoms with Gasteiger partial charge in [-0.15, -0.1) is 0 Å². The van der Waals surface area contributed by atoms with Gasteiger partial charge >= 0.3 is 0 Å². The second-order valence-electron chi connectivity index (χ2n) is 6.18. The minimum atomic E-state index is -0.297. The number of rotatable bonds is 5. The summed E-state index contributed by atoms with van der Waals surface area (Å²) in [6, 6.07) is 8.37. The van der Waals surface area contributed by atoms with Crippen molar-refractivity contribution in [2.24, 2.45) is 0 Å². The Labute approximate surface area is 150 Å². The number of nitriles is 1. The zero-order chi connectivity index (χ0) is 18.4. The standard InChI is InChI=1S/C18H19N5O3/c19-10-13-3-8-17(20-11-13)26-15-6-4-14(5-7-15)22-16(24)12-23-18(25)2-1-9-21-23/h1-3,8-9,11,14-15H,4-7,12H2,(H,22,24). The number of aromatic nitrogens is 3. The van der Waals surface area contributed by atoms with Gasteiger partial charge in [0.05, 0.1) is 5.56 Å². The SMILES string of the molecule is N#Cc1ccc(OC2CCC(NC(=O)Cn3ncccc3=O)CC2)nc1. The normalized spacial score (nSPS) is 19.3. The fourth-order valence-corrected chi connectivity index (χ4v) is 2.93. The van der Waals surface area contributed by atoms with E-state index in [9.17, 15) is 9.59 Å². The van der Waals surface area contributed by atoms with Gasteiger partial charge in [-0.25, -0.2) is 9.67 Å². The Morgan fingerprint density at radius 2 is 2.12 bits per heavy atom. The largest absolute Gasteiger partial charge is 0.474 e. The molecule has 26 heavy (non-hydrogen) atoms. The first-order chi connectivity index (χ1) is 12.6. The smallest absolute Gasteiger partial charge is 0.267 e. The molecule has 0 radical (unpaired) electrons. The molecule has 2 heterocycles. The Morgan fingerprint density at radius 3 is 2.77 bits per heavy atom. The zero-order valence-electron chi connectivity index (χ0n) is 14.2. The van der Waals surface area contributed by atoms with Gasteiger partial charge in [0.1, 0.15) is 18.7 Å². The van der Waals surface area contributed by atoms with Gasteiger partial charge in [-0.2, -0.15) is 10.4 Å². The third kappa shape index (κ3) is 4.66. The van der Waals surface area contributed by atoms with Crippen LogP contribution in [0.4, 0.5) is 0 Å². The molecule has 1 aliphatic rings. The number of nitrogens with zero attached hydrogens (tertiary/aromatic N) is 4. The lowest BCUT2D eigenvalue weighted by atomic mass is 9.93. The number of carbonyl (C=O) groups excluding carboxylic acids is 1. The van der Waals surface area contributed by atoms with Crippen LogP contribution in [0.3, 0.4) is 0 Å². The third-order valence-corrected chi connectivity index (χ3v) is 4.27. The number of hydrogen-bond acceptors (Lipinski definition) is 6. The van der Waals surface area contributed by atoms with Crippen LogP contribution >= 0.6 is 0 Å². The number of amides is 1. The molecule has 0 saturated heterocycles. The highest BCUT2D eigenvalue weighted by Gasteiger charge is 2.24. The summed E-state index contributed by atoms with van der Waals surface area (Å²) < 4.78 is 6.97. The summed E-state index contributed by atoms with van der Waals surface area (Å²) in [5.74, 6) is 0.287. The van der Waals surface area contributed by atoms with Gasteiger partial charge in [-0.05, 0) is 37.8 Å². The van der Waals surface area contributed by atoms with Gasteiger partial charge in [0.25, 0.3) is 5.56 Å². The molecular formula is C18H19N5O3. The molecule has 0 aromatic carbocycles. The van der Waals surface area contributed by atoms with Crippen molar-refractivity contribution in [2.75, 3.05) is 0 Å². The molecule has 1 saturated carbocycles. The minimum absolute atomic E-state index is 0.0435. The molecule has 1 aliphatic carbocycles. The summed E-state index contributed by atoms with van der Waals surface area (Å²) >= 11 is 0. The monoisotopic (exact) mass is 353 g/mol. The van der Waals surface area contributed by atoms with Crippen LogP contribution < -0.4 is 15.6 Å². The van der Waals surface area contributed by atoms with E-state index in [2.05, 4.69) is 15.4 Å². The van der Waals surface area contributed by atoms with Crippen LogP contribution in [0.2, 0.25) is 0 Å². The number of carbonyl (C=O) groups is 1. The topological polar surface area (TPSA) is 110 Å². The van der Waals surface area contributed by atoms with Crippen molar-refractivity contribution in [3.63, 3.8) is 0 Å². The van der Waals surface area contributed by atoms with Crippen molar-refractivity contribution in [1.29, 1.82) is 5.26 Å². The first-order valence-electron chi connectivity index (χ1n) is 8.48. The van der Waals surface area contributed by atoms with Crippen LogP contribution in [0.25, 0.3) is 0 Å². The summed E-state index contributed by atoms with van der Waals surface area (Å²) in [5, 5.41) is 15.6. The Kier molecular flexibility index (Phi) is 5.59. The fraction of sp³-hybridized carbons (Fsp3) is 0.389. The first kappa shape index (κ1) is 17.6. The van der Waals surface area contributed by atoms with E-state index in [-0.39, 0.29) is 30.2 Å². The van der Waals surface area contributed by atoms with E-state index in [1.807, 2.05) is 6.07 Å². The molecule has 3 rings (SSSR count). The highest BCUT2D eigenvalue weighted by Crippen LogP contribution is 2.23. The molecule has 2 aromatic rings. The van der Waals surface area contributed by atoms with Gasteiger partial charge < -0.3 is 10.1 Å². The molecule has 8 heteroatoms. The van der Waals surface area contributed by atoms with Gasteiger partial charge in [0.15, 0.2) is 0 Å². The van der Waals surface area contributed by atoms with Crippen LogP contribution in [0.15, 0.2) is 41.5 Å². The number of nitrogens with one attached hydrogen (secondary N) is 1. The first-order valence-corrected chi connectivity index (χ1v) is 8.48. The van der Waals surface area contributed by atoms with Crippen molar-refractivity contribution in [1.82, 2.24) is 20.1 Å². The van der Waals surface area contributed by atoms with Crippen LogP contribution in [-0.4, -0.2) is 32.8 Å². The molecule has 1 amide bonds. The number of ether oxygens (including phenoxy) is 1. The highest BCUT2D eigenvalue weighted by atomic mass is 16.5. The quantitative estimate of drug-likeness (QED) is 0.859. The van der Waals surface area contributed by atoms with E-state index in [1.54, 1.807) is 18.2 Å². The van der Waals surface area contributed by atoms with Crippen molar-refractivity contribution in [3.8, 4) is 11.9 Å². The van der Waals surface area contributed by atoms with E-state index < -0.39 is 0 Å². The van der Waals surface area contributed by atoms with Gasteiger partial charge in [0.2, 0.25) is 11.8 Å². The van der Waals surface area contributed by atoms with Gasteiger partial charge in [-0.1, -0.05) is 0 Å². The van der Waals surface area contributed by atoms with Crippen molar-refractivity contribution in [2.45, 2.75) is 44.4 Å². The Hall–Kier alpha value is -3.21. The molecule has 0 unspecified atom stereocenters. The summed E-state index contributed by atoms with van der Waals surface area (Å²) in [7, 11) is 0. The molecule has 0 atom stereocenters. The number of hydrogen-bond donors (Lipinski definition) is 1. The predicted octanol–water partition coefficient (Wildman–Crippen LogP) is 1.02. The van der Waals surface area contributed by atoms with E-state index >= 15 is 0 Å². The molecule has 8 nitrogen and oxygen atoms in total. The minimum Gasteiger partial charge on any atom is -0.474 e. The fourth-order valence-electron chi connectivity index (χ4n) is 2.93. The van der Waals surface area contributed by atoms with Crippen molar-refractivity contribution >= 4 is 5.91 Å². The maximum Gasteiger partial charge on any atom is 0.267 e. The molecule has 0 bridgehead atoms. The molecule has 134 valence electrons. The maximum absolute atomic E-state index is 12.1. The Balaban J connectivity index is 1.44. The average Bonchev–Trinajstić information content (AvgIpc) is 2.66. The van der Waals surface area contributed by atoms with E-state index in [0.717, 1.165) is 30.4 Å². The third-order valence-electron chi connectivity index (χ3n) is 4.27. The molecule has 2 aromatic heterocycles. The zero-order valence-corrected chi connectivity index (χ0v) is 14.2. The summed E-state index contributed by atoms with van der Waals surface area (Å²) in [6.45, 7) is -0.0781. The lowest BCUT2D eigenvalue weighted by Gasteiger charge is -2.29. The van der Waals surface area contributed by atoms with Crippen molar-refractivity contribution < 1.29 is 9.53 Å². The molecule has 0 aliphatic heterocycles. The maximum atomic E-state index is 12.1. The van der Waals surface area contributed by atoms with E-state index in [1.165, 1.54) is 18.5 Å². The van der Waals surface area contributed by atoms with E-state index in [4.69, 9.17) is 10.00 Å². The average molecular weight is 353 g/mol. The van der Waals surface area contributed by atoms with Gasteiger partial charge in [0, 0.05) is 30.6 Å². The molecule has 1 N–H and O–H groups in total. The second kappa shape index (κ2) is 8.25. The van der Waals surface area contributed by atoms with Crippen LogP contribution in [0.1, 0.15) is 31.2 Å². The predicted molar refractivity (Wildman–Crippen MR) is 92.3 cm³/mol. The lowest BCUT2D eigenvalue weighted by molar-refractivity contribution is -0.123. The highest BCUT2D eigenvalue weighted by molar-refractivity contribution is 5.75. The van der Waals surface area contributed by atoms with Crippen LogP contribution in [-0.2, 0) is 11.3 Å². The van der Waals surface area contributed by atoms with Crippen LogP contribution in [0.5, 0.6) is 5.88 Å². The molecular weight excluding hydrogens is 334 g/mol. The lowest BCUT2D eigenvalue weighted by Crippen LogP contribution is -2.42. The molecule has 0 spiro atoms. The summed E-state index contributed by atoms with van der Waals surface area (Å²) in [5.41, 5.74) is 0.199. The summed E-state index contributed by atoms with van der Waals surface area (Å²) in [6.07, 6.45) is 6.21. The summed E-state index contributed by atoms with van der Waals surface area (Å²) in [4.78, 5) is 27.8. The van der Waals surface area contributed by atoms with Crippen LogP contribution in [0, 0.1) is 11.3 Å². The number of pyridine rings is 1. The van der Waals surface area contributed by atoms with Crippen molar-refractivity contribution in [3.05, 3.63) is 52.6 Å². The van der Waals surface area contributed by atoms with E-state index in [0.29, 0.717) is 11.4 Å².